The lowest BCUT2D eigenvalue weighted by atomic mass is 9.44. The lowest BCUT2D eigenvalue weighted by Gasteiger charge is -2.61. The van der Waals surface area contributed by atoms with Gasteiger partial charge < -0.3 is 9.47 Å². The summed E-state index contributed by atoms with van der Waals surface area (Å²) in [5, 5.41) is 0. The van der Waals surface area contributed by atoms with Gasteiger partial charge in [-0.15, -0.1) is 0 Å². The number of ether oxygens (including phenoxy) is 2. The van der Waals surface area contributed by atoms with Crippen molar-refractivity contribution in [3.05, 3.63) is 0 Å². The van der Waals surface area contributed by atoms with Gasteiger partial charge in [0.05, 0.1) is 12.7 Å². The van der Waals surface area contributed by atoms with E-state index in [1.54, 1.807) is 0 Å². The lowest BCUT2D eigenvalue weighted by molar-refractivity contribution is -0.279. The molecule has 2 heterocycles. The average Bonchev–Trinajstić information content (AvgIpc) is 3.13. The third kappa shape index (κ3) is 2.49. The molecule has 6 aliphatic rings. The monoisotopic (exact) mass is 418 g/mol. The summed E-state index contributed by atoms with van der Waals surface area (Å²) in [4.78, 5) is 0. The molecule has 0 aromatic rings. The van der Waals surface area contributed by atoms with E-state index in [2.05, 4.69) is 27.7 Å². The van der Waals surface area contributed by atoms with E-state index in [1.165, 1.54) is 51.4 Å². The molecule has 0 aromatic heterocycles. The zero-order valence-corrected chi connectivity index (χ0v) is 19.7. The van der Waals surface area contributed by atoms with Crippen molar-refractivity contribution in [2.75, 3.05) is 6.61 Å². The summed E-state index contributed by atoms with van der Waals surface area (Å²) < 4.78 is 29.4. The second-order valence-electron chi connectivity index (χ2n) is 13.0. The van der Waals surface area contributed by atoms with Crippen LogP contribution in [0.2, 0.25) is 0 Å². The molecule has 2 unspecified atom stereocenters. The molecule has 6 fully saturated rings. The van der Waals surface area contributed by atoms with Gasteiger partial charge in [-0.25, -0.2) is 4.39 Å². The third-order valence-corrected chi connectivity index (χ3v) is 11.8. The number of hydrogen-bond donors (Lipinski definition) is 0. The van der Waals surface area contributed by atoms with E-state index in [0.717, 1.165) is 31.3 Å². The van der Waals surface area contributed by atoms with Crippen molar-refractivity contribution in [1.29, 1.82) is 0 Å². The Hall–Kier alpha value is -0.150. The first-order chi connectivity index (χ1) is 14.3. The smallest absolute Gasteiger partial charge is 0.171 e. The SMILES string of the molecule is C[C@@H]1CC[C@@]2(OC1)O[C@H]1C(F)[C@H]3[C@@H]4CCC5CCCC[C@]5(C)[C@H]4CC[C@]3(C)[C@H]1[C@@H]2C. The molecule has 0 aromatic carbocycles. The predicted molar refractivity (Wildman–Crippen MR) is 117 cm³/mol. The Bertz CT molecular complexity index is 686. The van der Waals surface area contributed by atoms with Crippen molar-refractivity contribution >= 4 is 0 Å². The summed E-state index contributed by atoms with van der Waals surface area (Å²) >= 11 is 0. The Morgan fingerprint density at radius 1 is 0.833 bits per heavy atom. The molecular weight excluding hydrogens is 375 g/mol. The van der Waals surface area contributed by atoms with Crippen LogP contribution in [0.25, 0.3) is 0 Å². The molecule has 2 nitrogen and oxygen atoms in total. The molecule has 12 atom stereocenters. The largest absolute Gasteiger partial charge is 0.349 e. The molecule has 6 rings (SSSR count). The molecule has 3 heteroatoms. The Labute approximate surface area is 183 Å². The number of alkyl halides is 1. The van der Waals surface area contributed by atoms with Gasteiger partial charge in [-0.3, -0.25) is 0 Å². The van der Waals surface area contributed by atoms with Gasteiger partial charge in [0.2, 0.25) is 0 Å². The van der Waals surface area contributed by atoms with Gasteiger partial charge in [0, 0.05) is 24.2 Å². The van der Waals surface area contributed by atoms with Crippen molar-refractivity contribution in [3.8, 4) is 0 Å². The van der Waals surface area contributed by atoms with Gasteiger partial charge >= 0.3 is 0 Å². The van der Waals surface area contributed by atoms with Crippen LogP contribution in [0.1, 0.15) is 91.9 Å². The van der Waals surface area contributed by atoms with Gasteiger partial charge in [-0.05, 0) is 79.4 Å². The van der Waals surface area contributed by atoms with Crippen LogP contribution in [0.4, 0.5) is 4.39 Å². The van der Waals surface area contributed by atoms with Gasteiger partial charge in [0.25, 0.3) is 0 Å². The molecular formula is C27H43FO2. The summed E-state index contributed by atoms with van der Waals surface area (Å²) in [6, 6.07) is 0. The molecule has 30 heavy (non-hydrogen) atoms. The van der Waals surface area contributed by atoms with E-state index >= 15 is 4.39 Å². The van der Waals surface area contributed by atoms with Gasteiger partial charge in [-0.2, -0.15) is 0 Å². The quantitative estimate of drug-likeness (QED) is 0.432. The summed E-state index contributed by atoms with van der Waals surface area (Å²) in [6.45, 7) is 10.4. The molecule has 2 saturated heterocycles. The number of fused-ring (bicyclic) bond motifs is 7. The molecule has 0 N–H and O–H groups in total. The minimum absolute atomic E-state index is 0.0818. The molecule has 170 valence electrons. The number of hydrogen-bond acceptors (Lipinski definition) is 2. The van der Waals surface area contributed by atoms with Crippen LogP contribution in [0.3, 0.4) is 0 Å². The van der Waals surface area contributed by atoms with Crippen LogP contribution >= 0.6 is 0 Å². The predicted octanol–water partition coefficient (Wildman–Crippen LogP) is 6.77. The van der Waals surface area contributed by atoms with Crippen LogP contribution in [0, 0.1) is 52.3 Å². The third-order valence-electron chi connectivity index (χ3n) is 11.8. The standard InChI is InChI=1S/C27H43FO2/c1-16-10-14-27(29-15-16)17(2)21-24(30-27)23(28)22-19-9-8-18-7-5-6-12-25(18,3)20(19)11-13-26(21,22)4/h16-24H,5-15H2,1-4H3/t16-,17+,18?,19-,20+,21+,22-,23?,24-,25+,26-,27-/m1/s1. The zero-order valence-electron chi connectivity index (χ0n) is 19.7. The van der Waals surface area contributed by atoms with E-state index in [-0.39, 0.29) is 17.4 Å². The minimum Gasteiger partial charge on any atom is -0.349 e. The fourth-order valence-electron chi connectivity index (χ4n) is 10.3. The normalized spacial score (nSPS) is 62.5. The van der Waals surface area contributed by atoms with Crippen molar-refractivity contribution in [2.45, 2.75) is 110 Å². The lowest BCUT2D eigenvalue weighted by Crippen LogP contribution is -2.55. The van der Waals surface area contributed by atoms with Gasteiger partial charge in [0.15, 0.2) is 5.79 Å². The molecule has 1 spiro atoms. The Morgan fingerprint density at radius 2 is 1.67 bits per heavy atom. The molecule has 4 saturated carbocycles. The van der Waals surface area contributed by atoms with E-state index in [4.69, 9.17) is 9.47 Å². The van der Waals surface area contributed by atoms with Crippen molar-refractivity contribution in [3.63, 3.8) is 0 Å². The molecule has 0 bridgehead atoms. The molecule has 0 radical (unpaired) electrons. The van der Waals surface area contributed by atoms with Crippen LogP contribution in [-0.2, 0) is 9.47 Å². The highest BCUT2D eigenvalue weighted by Gasteiger charge is 2.72. The highest BCUT2D eigenvalue weighted by atomic mass is 19.1. The first-order valence-corrected chi connectivity index (χ1v) is 13.3. The summed E-state index contributed by atoms with van der Waals surface area (Å²) in [5.41, 5.74) is 0.550. The van der Waals surface area contributed by atoms with Crippen molar-refractivity contribution in [1.82, 2.24) is 0 Å². The molecule has 4 aliphatic carbocycles. The number of halogens is 1. The Morgan fingerprint density at radius 3 is 2.43 bits per heavy atom. The molecule has 0 amide bonds. The van der Waals surface area contributed by atoms with Gasteiger partial charge in [-0.1, -0.05) is 40.5 Å². The molecule has 2 aliphatic heterocycles. The first kappa shape index (κ1) is 20.5. The fraction of sp³-hybridized carbons (Fsp3) is 1.00. The van der Waals surface area contributed by atoms with Crippen LogP contribution in [0.15, 0.2) is 0 Å². The van der Waals surface area contributed by atoms with E-state index in [1.807, 2.05) is 0 Å². The Balaban J connectivity index is 1.31. The first-order valence-electron chi connectivity index (χ1n) is 13.3. The van der Waals surface area contributed by atoms with Crippen LogP contribution in [-0.4, -0.2) is 24.7 Å². The van der Waals surface area contributed by atoms with Crippen LogP contribution in [0.5, 0.6) is 0 Å². The maximum atomic E-state index is 16.4. The number of rotatable bonds is 0. The summed E-state index contributed by atoms with van der Waals surface area (Å²) in [6.07, 6.45) is 11.8. The van der Waals surface area contributed by atoms with E-state index in [0.29, 0.717) is 29.1 Å². The van der Waals surface area contributed by atoms with Crippen LogP contribution < -0.4 is 0 Å². The van der Waals surface area contributed by atoms with Gasteiger partial charge in [0.1, 0.15) is 6.17 Å². The maximum Gasteiger partial charge on any atom is 0.171 e. The summed E-state index contributed by atoms with van der Waals surface area (Å²) in [5.74, 6) is 3.12. The van der Waals surface area contributed by atoms with Crippen molar-refractivity contribution in [2.24, 2.45) is 52.3 Å². The van der Waals surface area contributed by atoms with Crippen molar-refractivity contribution < 1.29 is 13.9 Å². The van der Waals surface area contributed by atoms with E-state index in [9.17, 15) is 0 Å². The maximum absolute atomic E-state index is 16.4. The topological polar surface area (TPSA) is 18.5 Å². The highest BCUT2D eigenvalue weighted by Crippen LogP contribution is 2.71. The minimum atomic E-state index is -0.804. The Kier molecular flexibility index (Phi) is 4.56. The van der Waals surface area contributed by atoms with E-state index < -0.39 is 12.0 Å². The zero-order chi connectivity index (χ0) is 20.9. The second kappa shape index (κ2) is 6.69. The summed E-state index contributed by atoms with van der Waals surface area (Å²) in [7, 11) is 0. The highest BCUT2D eigenvalue weighted by molar-refractivity contribution is 5.18. The average molecular weight is 419 g/mol. The fourth-order valence-corrected chi connectivity index (χ4v) is 10.3. The second-order valence-corrected chi connectivity index (χ2v) is 13.0.